The van der Waals surface area contributed by atoms with Crippen LogP contribution in [0.3, 0.4) is 0 Å². The highest BCUT2D eigenvalue weighted by Crippen LogP contribution is 2.33. The first-order valence-electron chi connectivity index (χ1n) is 8.00. The molecule has 0 atom stereocenters. The fraction of sp³-hybridized carbons (Fsp3) is 0.562. The third kappa shape index (κ3) is 4.06. The molecular formula is C16H21IN2O3S. The lowest BCUT2D eigenvalue weighted by atomic mass is 9.98. The van der Waals surface area contributed by atoms with Gasteiger partial charge in [-0.25, -0.2) is 12.7 Å². The fourth-order valence-corrected chi connectivity index (χ4v) is 5.43. The molecule has 1 aromatic carbocycles. The minimum absolute atomic E-state index is 0.0527. The maximum absolute atomic E-state index is 12.2. The first-order valence-corrected chi connectivity index (χ1v) is 10.6. The number of hydrogen-bond donors (Lipinski definition) is 1. The second kappa shape index (κ2) is 7.06. The van der Waals surface area contributed by atoms with Crippen molar-refractivity contribution in [2.45, 2.75) is 30.9 Å². The molecule has 1 heterocycles. The number of nitrogens with zero attached hydrogens (tertiary/aromatic N) is 1. The summed E-state index contributed by atoms with van der Waals surface area (Å²) < 4.78 is 27.0. The molecule has 1 aliphatic carbocycles. The molecule has 1 aromatic rings. The number of sulfonamides is 1. The summed E-state index contributed by atoms with van der Waals surface area (Å²) in [6, 6.07) is 7.51. The van der Waals surface area contributed by atoms with E-state index in [1.807, 2.05) is 24.3 Å². The van der Waals surface area contributed by atoms with E-state index in [2.05, 4.69) is 27.9 Å². The van der Waals surface area contributed by atoms with E-state index in [0.29, 0.717) is 31.1 Å². The number of halogens is 1. The second-order valence-electron chi connectivity index (χ2n) is 6.28. The van der Waals surface area contributed by atoms with E-state index >= 15 is 0 Å². The Labute approximate surface area is 151 Å². The molecule has 3 rings (SSSR count). The molecule has 1 N–H and O–H groups in total. The van der Waals surface area contributed by atoms with E-state index in [1.165, 1.54) is 0 Å². The summed E-state index contributed by atoms with van der Waals surface area (Å²) in [5.74, 6) is 0.300. The van der Waals surface area contributed by atoms with Gasteiger partial charge in [-0.3, -0.25) is 4.79 Å². The van der Waals surface area contributed by atoms with Gasteiger partial charge in [0, 0.05) is 23.2 Å². The summed E-state index contributed by atoms with van der Waals surface area (Å²) in [5, 5.41) is 2.86. The van der Waals surface area contributed by atoms with Gasteiger partial charge in [0.25, 0.3) is 5.91 Å². The molecule has 1 saturated heterocycles. The summed E-state index contributed by atoms with van der Waals surface area (Å²) in [5.41, 5.74) is 0.696. The van der Waals surface area contributed by atoms with Crippen molar-refractivity contribution in [1.82, 2.24) is 9.62 Å². The number of amides is 1. The number of rotatable bonds is 5. The Hall–Kier alpha value is -0.670. The maximum atomic E-state index is 12.2. The van der Waals surface area contributed by atoms with Gasteiger partial charge >= 0.3 is 0 Å². The zero-order chi connectivity index (χ0) is 16.4. The molecule has 5 nitrogen and oxygen atoms in total. The van der Waals surface area contributed by atoms with Crippen LogP contribution in [0.25, 0.3) is 0 Å². The van der Waals surface area contributed by atoms with Gasteiger partial charge in [0.15, 0.2) is 0 Å². The molecule has 1 aliphatic heterocycles. The molecule has 0 bridgehead atoms. The van der Waals surface area contributed by atoms with Crippen molar-refractivity contribution in [3.05, 3.63) is 33.4 Å². The highest BCUT2D eigenvalue weighted by Gasteiger charge is 2.41. The summed E-state index contributed by atoms with van der Waals surface area (Å²) in [6.07, 6.45) is 3.26. The average Bonchev–Trinajstić information content (AvgIpc) is 3.39. The average molecular weight is 448 g/mol. The molecule has 2 fully saturated rings. The Kier molecular flexibility index (Phi) is 5.27. The van der Waals surface area contributed by atoms with Gasteiger partial charge in [0.1, 0.15) is 0 Å². The number of nitrogens with one attached hydrogen (secondary N) is 1. The van der Waals surface area contributed by atoms with Gasteiger partial charge in [-0.15, -0.1) is 0 Å². The minimum Gasteiger partial charge on any atom is -0.352 e. The molecule has 0 radical (unpaired) electrons. The van der Waals surface area contributed by atoms with E-state index in [1.54, 1.807) is 4.31 Å². The number of carbonyl (C=O) groups excluding carboxylic acids is 1. The van der Waals surface area contributed by atoms with Crippen LogP contribution in [0.4, 0.5) is 0 Å². The van der Waals surface area contributed by atoms with E-state index in [4.69, 9.17) is 0 Å². The van der Waals surface area contributed by atoms with E-state index in [9.17, 15) is 13.2 Å². The van der Waals surface area contributed by atoms with Crippen molar-refractivity contribution in [3.63, 3.8) is 0 Å². The number of hydrogen-bond acceptors (Lipinski definition) is 3. The van der Waals surface area contributed by atoms with Crippen molar-refractivity contribution in [1.29, 1.82) is 0 Å². The molecule has 1 amide bonds. The first kappa shape index (κ1) is 17.2. The standard InChI is InChI=1S/C16H21IN2O3S/c17-15-4-2-1-3-14(15)16(20)18-11-12-7-9-19(10-8-12)23(21,22)13-5-6-13/h1-4,12-13H,5-11H2,(H,18,20). The van der Waals surface area contributed by atoms with Gasteiger partial charge in [0.05, 0.1) is 10.8 Å². The van der Waals surface area contributed by atoms with Crippen LogP contribution in [-0.2, 0) is 10.0 Å². The molecule has 2 aliphatic rings. The quantitative estimate of drug-likeness (QED) is 0.703. The van der Waals surface area contributed by atoms with Crippen molar-refractivity contribution in [2.24, 2.45) is 5.92 Å². The van der Waals surface area contributed by atoms with Crippen molar-refractivity contribution < 1.29 is 13.2 Å². The van der Waals surface area contributed by atoms with Gasteiger partial charge < -0.3 is 5.32 Å². The van der Waals surface area contributed by atoms with Crippen LogP contribution >= 0.6 is 22.6 Å². The number of piperidine rings is 1. The second-order valence-corrected chi connectivity index (χ2v) is 9.65. The molecule has 0 spiro atoms. The van der Waals surface area contributed by atoms with Crippen LogP contribution in [0.1, 0.15) is 36.0 Å². The largest absolute Gasteiger partial charge is 0.352 e. The van der Waals surface area contributed by atoms with Crippen LogP contribution in [0, 0.1) is 9.49 Å². The monoisotopic (exact) mass is 448 g/mol. The van der Waals surface area contributed by atoms with E-state index in [0.717, 1.165) is 29.3 Å². The van der Waals surface area contributed by atoms with Gasteiger partial charge in [-0.2, -0.15) is 0 Å². The predicted molar refractivity (Wildman–Crippen MR) is 97.7 cm³/mol. The normalized spacial score (nSPS) is 20.4. The summed E-state index contributed by atoms with van der Waals surface area (Å²) >= 11 is 2.16. The zero-order valence-corrected chi connectivity index (χ0v) is 15.8. The third-order valence-corrected chi connectivity index (χ3v) is 7.89. The summed E-state index contributed by atoms with van der Waals surface area (Å²) in [6.45, 7) is 1.78. The van der Waals surface area contributed by atoms with Crippen LogP contribution in [0.2, 0.25) is 0 Å². The van der Waals surface area contributed by atoms with E-state index in [-0.39, 0.29) is 11.2 Å². The predicted octanol–water partition coefficient (Wildman–Crippen LogP) is 2.23. The van der Waals surface area contributed by atoms with Crippen LogP contribution < -0.4 is 5.32 Å². The molecule has 0 unspecified atom stereocenters. The molecule has 1 saturated carbocycles. The fourth-order valence-electron chi connectivity index (χ4n) is 2.92. The maximum Gasteiger partial charge on any atom is 0.252 e. The first-order chi connectivity index (χ1) is 11.0. The Balaban J connectivity index is 1.48. The van der Waals surface area contributed by atoms with Crippen molar-refractivity contribution in [2.75, 3.05) is 19.6 Å². The van der Waals surface area contributed by atoms with E-state index < -0.39 is 10.0 Å². The summed E-state index contributed by atoms with van der Waals surface area (Å²) in [7, 11) is -3.05. The van der Waals surface area contributed by atoms with Gasteiger partial charge in [-0.05, 0) is 66.3 Å². The highest BCUT2D eigenvalue weighted by molar-refractivity contribution is 14.1. The molecule has 23 heavy (non-hydrogen) atoms. The van der Waals surface area contributed by atoms with Crippen molar-refractivity contribution >= 4 is 38.5 Å². The van der Waals surface area contributed by atoms with Crippen LogP contribution in [0.5, 0.6) is 0 Å². The Morgan fingerprint density at radius 1 is 1.17 bits per heavy atom. The third-order valence-electron chi connectivity index (χ3n) is 4.55. The lowest BCUT2D eigenvalue weighted by molar-refractivity contribution is 0.0940. The SMILES string of the molecule is O=C(NCC1CCN(S(=O)(=O)C2CC2)CC1)c1ccccc1I. The van der Waals surface area contributed by atoms with Crippen LogP contribution in [-0.4, -0.2) is 43.5 Å². The zero-order valence-electron chi connectivity index (χ0n) is 12.9. The smallest absolute Gasteiger partial charge is 0.252 e. The Bertz CT molecular complexity index is 680. The molecular weight excluding hydrogens is 427 g/mol. The lowest BCUT2D eigenvalue weighted by Crippen LogP contribution is -2.42. The lowest BCUT2D eigenvalue weighted by Gasteiger charge is -2.31. The molecule has 7 heteroatoms. The molecule has 0 aromatic heterocycles. The van der Waals surface area contributed by atoms with Crippen LogP contribution in [0.15, 0.2) is 24.3 Å². The molecule has 126 valence electrons. The summed E-state index contributed by atoms with van der Waals surface area (Å²) in [4.78, 5) is 12.2. The highest BCUT2D eigenvalue weighted by atomic mass is 127. The Morgan fingerprint density at radius 2 is 1.83 bits per heavy atom. The van der Waals surface area contributed by atoms with Gasteiger partial charge in [-0.1, -0.05) is 12.1 Å². The number of carbonyl (C=O) groups is 1. The Morgan fingerprint density at radius 3 is 2.43 bits per heavy atom. The van der Waals surface area contributed by atoms with Gasteiger partial charge in [0.2, 0.25) is 10.0 Å². The van der Waals surface area contributed by atoms with Crippen molar-refractivity contribution in [3.8, 4) is 0 Å². The number of benzene rings is 1. The minimum atomic E-state index is -3.05. The topological polar surface area (TPSA) is 66.5 Å².